The second kappa shape index (κ2) is 7.47. The van der Waals surface area contributed by atoms with Crippen LogP contribution in [-0.4, -0.2) is 43.6 Å². The first-order valence-electron chi connectivity index (χ1n) is 8.93. The molecule has 0 unspecified atom stereocenters. The number of piperidine rings is 1. The summed E-state index contributed by atoms with van der Waals surface area (Å²) in [6.07, 6.45) is 5.25. The van der Waals surface area contributed by atoms with E-state index in [9.17, 15) is 4.79 Å². The maximum atomic E-state index is 12.5. The van der Waals surface area contributed by atoms with Crippen molar-refractivity contribution in [3.8, 4) is 0 Å². The van der Waals surface area contributed by atoms with Crippen LogP contribution in [0.3, 0.4) is 0 Å². The SMILES string of the molecule is O=C(c1ccccn1)N1CCC(c2nncn2Cc2ccccc2)CC1. The van der Waals surface area contributed by atoms with Gasteiger partial charge in [0.15, 0.2) is 0 Å². The predicted molar refractivity (Wildman–Crippen MR) is 97.7 cm³/mol. The zero-order valence-electron chi connectivity index (χ0n) is 14.5. The molecule has 0 bridgehead atoms. The summed E-state index contributed by atoms with van der Waals surface area (Å²) in [5.41, 5.74) is 1.74. The molecule has 0 atom stereocenters. The molecule has 0 aliphatic carbocycles. The van der Waals surface area contributed by atoms with Crippen molar-refractivity contribution in [3.63, 3.8) is 0 Å². The van der Waals surface area contributed by atoms with Gasteiger partial charge >= 0.3 is 0 Å². The molecule has 6 heteroatoms. The lowest BCUT2D eigenvalue weighted by Crippen LogP contribution is -2.38. The minimum atomic E-state index is 0.00908. The van der Waals surface area contributed by atoms with Crippen molar-refractivity contribution in [1.82, 2.24) is 24.6 Å². The Morgan fingerprint density at radius 1 is 1.04 bits per heavy atom. The Balaban J connectivity index is 1.41. The number of amides is 1. The predicted octanol–water partition coefficient (Wildman–Crippen LogP) is 2.74. The van der Waals surface area contributed by atoms with Crippen LogP contribution in [0.5, 0.6) is 0 Å². The van der Waals surface area contributed by atoms with Crippen LogP contribution in [0.15, 0.2) is 61.1 Å². The summed E-state index contributed by atoms with van der Waals surface area (Å²) in [4.78, 5) is 18.6. The number of hydrogen-bond acceptors (Lipinski definition) is 4. The summed E-state index contributed by atoms with van der Waals surface area (Å²) < 4.78 is 2.12. The van der Waals surface area contributed by atoms with E-state index in [1.165, 1.54) is 5.56 Å². The van der Waals surface area contributed by atoms with Crippen LogP contribution in [-0.2, 0) is 6.54 Å². The van der Waals surface area contributed by atoms with Gasteiger partial charge in [0, 0.05) is 25.2 Å². The third-order valence-corrected chi connectivity index (χ3v) is 4.87. The van der Waals surface area contributed by atoms with E-state index < -0.39 is 0 Å². The fourth-order valence-corrected chi connectivity index (χ4v) is 3.47. The van der Waals surface area contributed by atoms with E-state index >= 15 is 0 Å². The van der Waals surface area contributed by atoms with Gasteiger partial charge in [0.2, 0.25) is 0 Å². The van der Waals surface area contributed by atoms with Gasteiger partial charge in [-0.15, -0.1) is 10.2 Å². The lowest BCUT2D eigenvalue weighted by Gasteiger charge is -2.31. The molecule has 132 valence electrons. The van der Waals surface area contributed by atoms with Gasteiger partial charge in [0.05, 0.1) is 6.54 Å². The molecule has 6 nitrogen and oxygen atoms in total. The number of benzene rings is 1. The standard InChI is InChI=1S/C20H21N5O/c26-20(18-8-4-5-11-21-18)24-12-9-17(10-13-24)19-23-22-15-25(19)14-16-6-2-1-3-7-16/h1-8,11,15,17H,9-10,12-14H2. The summed E-state index contributed by atoms with van der Waals surface area (Å²) in [5, 5.41) is 8.48. The Morgan fingerprint density at radius 3 is 2.54 bits per heavy atom. The maximum Gasteiger partial charge on any atom is 0.272 e. The van der Waals surface area contributed by atoms with Crippen molar-refractivity contribution in [2.45, 2.75) is 25.3 Å². The van der Waals surface area contributed by atoms with Crippen molar-refractivity contribution < 1.29 is 4.79 Å². The van der Waals surface area contributed by atoms with E-state index in [-0.39, 0.29) is 5.91 Å². The Bertz CT molecular complexity index is 854. The number of likely N-dealkylation sites (tertiary alicyclic amines) is 1. The molecular formula is C20H21N5O. The second-order valence-corrected chi connectivity index (χ2v) is 6.58. The van der Waals surface area contributed by atoms with Crippen LogP contribution in [0.4, 0.5) is 0 Å². The highest BCUT2D eigenvalue weighted by Gasteiger charge is 2.27. The van der Waals surface area contributed by atoms with Gasteiger partial charge in [-0.1, -0.05) is 36.4 Å². The zero-order valence-corrected chi connectivity index (χ0v) is 14.5. The quantitative estimate of drug-likeness (QED) is 0.728. The lowest BCUT2D eigenvalue weighted by atomic mass is 9.95. The summed E-state index contributed by atoms with van der Waals surface area (Å²) >= 11 is 0. The van der Waals surface area contributed by atoms with Crippen LogP contribution >= 0.6 is 0 Å². The highest BCUT2D eigenvalue weighted by atomic mass is 16.2. The van der Waals surface area contributed by atoms with Crippen molar-refractivity contribution >= 4 is 5.91 Å². The molecule has 1 aliphatic rings. The number of pyridine rings is 1. The van der Waals surface area contributed by atoms with Gasteiger partial charge in [-0.2, -0.15) is 0 Å². The summed E-state index contributed by atoms with van der Waals surface area (Å²) in [5.74, 6) is 1.35. The number of hydrogen-bond donors (Lipinski definition) is 0. The summed E-state index contributed by atoms with van der Waals surface area (Å²) in [6, 6.07) is 15.8. The Morgan fingerprint density at radius 2 is 1.81 bits per heavy atom. The molecule has 3 heterocycles. The average Bonchev–Trinajstić information content (AvgIpc) is 3.17. The van der Waals surface area contributed by atoms with Gasteiger partial charge in [0.1, 0.15) is 17.8 Å². The van der Waals surface area contributed by atoms with Gasteiger partial charge < -0.3 is 9.47 Å². The molecule has 0 spiro atoms. The van der Waals surface area contributed by atoms with Crippen LogP contribution in [0.25, 0.3) is 0 Å². The first-order valence-corrected chi connectivity index (χ1v) is 8.93. The molecule has 3 aromatic rings. The van der Waals surface area contributed by atoms with Gasteiger partial charge in [-0.25, -0.2) is 0 Å². The van der Waals surface area contributed by atoms with Crippen LogP contribution < -0.4 is 0 Å². The van der Waals surface area contributed by atoms with E-state index in [1.807, 2.05) is 35.2 Å². The molecule has 4 rings (SSSR count). The summed E-state index contributed by atoms with van der Waals surface area (Å²) in [7, 11) is 0. The third kappa shape index (κ3) is 3.49. The normalized spacial score (nSPS) is 15.2. The molecule has 1 amide bonds. The first-order chi connectivity index (χ1) is 12.8. The van der Waals surface area contributed by atoms with E-state index in [4.69, 9.17) is 0 Å². The molecular weight excluding hydrogens is 326 g/mol. The molecule has 1 fully saturated rings. The van der Waals surface area contributed by atoms with Crippen LogP contribution in [0, 0.1) is 0 Å². The third-order valence-electron chi connectivity index (χ3n) is 4.87. The van der Waals surface area contributed by atoms with Crippen LogP contribution in [0.2, 0.25) is 0 Å². The fraction of sp³-hybridized carbons (Fsp3) is 0.300. The largest absolute Gasteiger partial charge is 0.337 e. The van der Waals surface area contributed by atoms with Crippen molar-refractivity contribution in [2.75, 3.05) is 13.1 Å². The zero-order chi connectivity index (χ0) is 17.8. The van der Waals surface area contributed by atoms with E-state index in [2.05, 4.69) is 31.9 Å². The van der Waals surface area contributed by atoms with Crippen molar-refractivity contribution in [1.29, 1.82) is 0 Å². The highest BCUT2D eigenvalue weighted by Crippen LogP contribution is 2.27. The monoisotopic (exact) mass is 347 g/mol. The molecule has 1 aliphatic heterocycles. The number of aromatic nitrogens is 4. The van der Waals surface area contributed by atoms with Gasteiger partial charge in [-0.3, -0.25) is 9.78 Å². The number of rotatable bonds is 4. The Kier molecular flexibility index (Phi) is 4.73. The number of nitrogens with zero attached hydrogens (tertiary/aromatic N) is 5. The fourth-order valence-electron chi connectivity index (χ4n) is 3.47. The lowest BCUT2D eigenvalue weighted by molar-refractivity contribution is 0.0704. The molecule has 2 aromatic heterocycles. The smallest absolute Gasteiger partial charge is 0.272 e. The minimum Gasteiger partial charge on any atom is -0.337 e. The van der Waals surface area contributed by atoms with E-state index in [0.29, 0.717) is 11.6 Å². The molecule has 1 aromatic carbocycles. The minimum absolute atomic E-state index is 0.00908. The molecule has 0 N–H and O–H groups in total. The Hall–Kier alpha value is -3.02. The molecule has 26 heavy (non-hydrogen) atoms. The first kappa shape index (κ1) is 16.4. The molecule has 0 saturated carbocycles. The number of carbonyl (C=O) groups excluding carboxylic acids is 1. The van der Waals surface area contributed by atoms with Crippen molar-refractivity contribution in [2.24, 2.45) is 0 Å². The number of carbonyl (C=O) groups is 1. The maximum absolute atomic E-state index is 12.5. The Labute approximate surface area is 152 Å². The van der Waals surface area contributed by atoms with E-state index in [0.717, 1.165) is 38.3 Å². The highest BCUT2D eigenvalue weighted by molar-refractivity contribution is 5.92. The molecule has 1 saturated heterocycles. The topological polar surface area (TPSA) is 63.9 Å². The molecule has 0 radical (unpaired) electrons. The van der Waals surface area contributed by atoms with Crippen molar-refractivity contribution in [3.05, 3.63) is 78.1 Å². The second-order valence-electron chi connectivity index (χ2n) is 6.58. The summed E-state index contributed by atoms with van der Waals surface area (Å²) in [6.45, 7) is 2.22. The van der Waals surface area contributed by atoms with Crippen LogP contribution in [0.1, 0.15) is 40.6 Å². The average molecular weight is 347 g/mol. The van der Waals surface area contributed by atoms with Gasteiger partial charge in [0.25, 0.3) is 5.91 Å². The van der Waals surface area contributed by atoms with Gasteiger partial charge in [-0.05, 0) is 30.5 Å². The van der Waals surface area contributed by atoms with E-state index in [1.54, 1.807) is 18.6 Å².